The summed E-state index contributed by atoms with van der Waals surface area (Å²) in [4.78, 5) is 9.87. The van der Waals surface area contributed by atoms with Gasteiger partial charge in [0.25, 0.3) is 0 Å². The smallest absolute Gasteiger partial charge is 0.170 e. The minimum atomic E-state index is 0.507. The second kappa shape index (κ2) is 9.92. The molecule has 1 aliphatic heterocycles. The molecule has 0 amide bonds. The van der Waals surface area contributed by atoms with Gasteiger partial charge in [0.05, 0.1) is 5.52 Å². The second-order valence-corrected chi connectivity index (χ2v) is 9.15. The number of thiocarbonyl (C=S) groups is 1. The molecule has 2 aromatic rings. The standard InChI is InChI=1S/C24H35N5S/c1-3-28-12-14-29(15-13-28)23-16-18(2)21-17-20(10-11-22(21)27-23)26-24(30)25-19-8-6-4-5-7-9-19/h10-11,16-17,19H,3-9,12-15H2,1-2H3,(H2,25,26,30). The zero-order valence-electron chi connectivity index (χ0n) is 18.4. The Balaban J connectivity index is 1.43. The molecule has 6 heteroatoms. The summed E-state index contributed by atoms with van der Waals surface area (Å²) in [5.41, 5.74) is 3.35. The van der Waals surface area contributed by atoms with E-state index in [9.17, 15) is 0 Å². The van der Waals surface area contributed by atoms with E-state index in [1.54, 1.807) is 0 Å². The molecule has 2 heterocycles. The van der Waals surface area contributed by atoms with Gasteiger partial charge >= 0.3 is 0 Å². The monoisotopic (exact) mass is 425 g/mol. The number of fused-ring (bicyclic) bond motifs is 1. The van der Waals surface area contributed by atoms with Crippen molar-refractivity contribution in [2.75, 3.05) is 42.9 Å². The Morgan fingerprint density at radius 2 is 1.80 bits per heavy atom. The van der Waals surface area contributed by atoms with Crippen LogP contribution in [0.15, 0.2) is 24.3 Å². The molecule has 0 bridgehead atoms. The van der Waals surface area contributed by atoms with Crippen molar-refractivity contribution in [2.24, 2.45) is 0 Å². The molecule has 2 aliphatic rings. The van der Waals surface area contributed by atoms with Crippen LogP contribution in [0, 0.1) is 6.92 Å². The predicted molar refractivity (Wildman–Crippen MR) is 132 cm³/mol. The van der Waals surface area contributed by atoms with Crippen LogP contribution in [-0.2, 0) is 0 Å². The van der Waals surface area contributed by atoms with Gasteiger partial charge in [0.1, 0.15) is 5.82 Å². The second-order valence-electron chi connectivity index (χ2n) is 8.74. The molecular weight excluding hydrogens is 390 g/mol. The first-order chi connectivity index (χ1) is 14.6. The Labute approximate surface area is 186 Å². The Bertz CT molecular complexity index is 867. The molecule has 1 aromatic heterocycles. The summed E-state index contributed by atoms with van der Waals surface area (Å²) < 4.78 is 0. The molecule has 0 unspecified atom stereocenters. The summed E-state index contributed by atoms with van der Waals surface area (Å²) in [6.07, 6.45) is 7.75. The van der Waals surface area contributed by atoms with Gasteiger partial charge in [-0.1, -0.05) is 32.6 Å². The van der Waals surface area contributed by atoms with E-state index >= 15 is 0 Å². The van der Waals surface area contributed by atoms with Gasteiger partial charge in [-0.2, -0.15) is 0 Å². The molecule has 30 heavy (non-hydrogen) atoms. The maximum absolute atomic E-state index is 5.59. The molecule has 2 N–H and O–H groups in total. The number of piperazine rings is 1. The van der Waals surface area contributed by atoms with Crippen LogP contribution in [0.5, 0.6) is 0 Å². The SMILES string of the molecule is CCN1CCN(c2cc(C)c3cc(NC(=S)NC4CCCCCC4)ccc3n2)CC1. The summed E-state index contributed by atoms with van der Waals surface area (Å²) in [5, 5.41) is 8.84. The number of aromatic nitrogens is 1. The number of nitrogens with zero attached hydrogens (tertiary/aromatic N) is 3. The first-order valence-corrected chi connectivity index (χ1v) is 12.0. The lowest BCUT2D eigenvalue weighted by atomic mass is 10.1. The third-order valence-corrected chi connectivity index (χ3v) is 6.81. The highest BCUT2D eigenvalue weighted by Gasteiger charge is 2.18. The van der Waals surface area contributed by atoms with Crippen LogP contribution in [0.2, 0.25) is 0 Å². The summed E-state index contributed by atoms with van der Waals surface area (Å²) >= 11 is 5.59. The van der Waals surface area contributed by atoms with Crippen molar-refractivity contribution in [1.29, 1.82) is 0 Å². The van der Waals surface area contributed by atoms with Crippen molar-refractivity contribution < 1.29 is 0 Å². The average molecular weight is 426 g/mol. The minimum absolute atomic E-state index is 0.507. The van der Waals surface area contributed by atoms with E-state index in [0.717, 1.165) is 54.9 Å². The quantitative estimate of drug-likeness (QED) is 0.547. The summed E-state index contributed by atoms with van der Waals surface area (Å²) in [5.74, 6) is 1.10. The first-order valence-electron chi connectivity index (χ1n) is 11.6. The highest BCUT2D eigenvalue weighted by Crippen LogP contribution is 2.26. The van der Waals surface area contributed by atoms with Crippen LogP contribution >= 0.6 is 12.2 Å². The number of pyridine rings is 1. The van der Waals surface area contributed by atoms with Gasteiger partial charge in [-0.15, -0.1) is 0 Å². The Morgan fingerprint density at radius 1 is 1.07 bits per heavy atom. The Kier molecular flexibility index (Phi) is 7.05. The maximum atomic E-state index is 5.59. The lowest BCUT2D eigenvalue weighted by Gasteiger charge is -2.35. The van der Waals surface area contributed by atoms with E-state index < -0.39 is 0 Å². The topological polar surface area (TPSA) is 43.4 Å². The molecule has 1 aromatic carbocycles. The number of likely N-dealkylation sites (N-methyl/N-ethyl adjacent to an activating group) is 1. The van der Waals surface area contributed by atoms with Gasteiger partial charge in [0.2, 0.25) is 0 Å². The number of anilines is 2. The van der Waals surface area contributed by atoms with Crippen molar-refractivity contribution in [3.63, 3.8) is 0 Å². The fourth-order valence-electron chi connectivity index (χ4n) is 4.69. The molecule has 1 saturated heterocycles. The number of aryl methyl sites for hydroxylation is 1. The average Bonchev–Trinajstić information content (AvgIpc) is 3.02. The van der Waals surface area contributed by atoms with E-state index in [-0.39, 0.29) is 0 Å². The Hall–Kier alpha value is -1.92. The lowest BCUT2D eigenvalue weighted by Crippen LogP contribution is -2.46. The fraction of sp³-hybridized carbons (Fsp3) is 0.583. The van der Waals surface area contributed by atoms with Crippen molar-refractivity contribution in [2.45, 2.75) is 58.4 Å². The van der Waals surface area contributed by atoms with Crippen LogP contribution in [0.4, 0.5) is 11.5 Å². The highest BCUT2D eigenvalue weighted by atomic mass is 32.1. The van der Waals surface area contributed by atoms with E-state index in [0.29, 0.717) is 6.04 Å². The zero-order valence-corrected chi connectivity index (χ0v) is 19.2. The zero-order chi connectivity index (χ0) is 20.9. The molecule has 5 nitrogen and oxygen atoms in total. The van der Waals surface area contributed by atoms with Gasteiger partial charge in [0.15, 0.2) is 5.11 Å². The van der Waals surface area contributed by atoms with Crippen molar-refractivity contribution in [3.8, 4) is 0 Å². The largest absolute Gasteiger partial charge is 0.360 e. The lowest BCUT2D eigenvalue weighted by molar-refractivity contribution is 0.270. The van der Waals surface area contributed by atoms with Crippen LogP contribution in [0.3, 0.4) is 0 Å². The van der Waals surface area contributed by atoms with Gasteiger partial charge in [0, 0.05) is 43.3 Å². The number of benzene rings is 1. The molecule has 4 rings (SSSR count). The molecule has 0 spiro atoms. The van der Waals surface area contributed by atoms with E-state index in [1.807, 2.05) is 0 Å². The molecule has 162 valence electrons. The number of hydrogen-bond acceptors (Lipinski definition) is 4. The Morgan fingerprint density at radius 3 is 2.50 bits per heavy atom. The van der Waals surface area contributed by atoms with Crippen molar-refractivity contribution >= 4 is 39.7 Å². The van der Waals surface area contributed by atoms with Crippen LogP contribution < -0.4 is 15.5 Å². The molecule has 2 fully saturated rings. The molecule has 0 radical (unpaired) electrons. The van der Waals surface area contributed by atoms with E-state index in [1.165, 1.54) is 49.5 Å². The fourth-order valence-corrected chi connectivity index (χ4v) is 4.97. The molecule has 0 atom stereocenters. The summed E-state index contributed by atoms with van der Waals surface area (Å²) in [7, 11) is 0. The first kappa shape index (κ1) is 21.3. The predicted octanol–water partition coefficient (Wildman–Crippen LogP) is 4.69. The third kappa shape index (κ3) is 5.22. The maximum Gasteiger partial charge on any atom is 0.170 e. The van der Waals surface area contributed by atoms with Gasteiger partial charge in [-0.05, 0) is 68.4 Å². The van der Waals surface area contributed by atoms with Crippen LogP contribution in [0.1, 0.15) is 51.0 Å². The third-order valence-electron chi connectivity index (χ3n) is 6.59. The van der Waals surface area contributed by atoms with Crippen LogP contribution in [-0.4, -0.2) is 53.8 Å². The normalized spacial score (nSPS) is 18.9. The number of rotatable bonds is 4. The highest BCUT2D eigenvalue weighted by molar-refractivity contribution is 7.80. The molecule has 1 saturated carbocycles. The molecule has 1 aliphatic carbocycles. The number of hydrogen-bond donors (Lipinski definition) is 2. The van der Waals surface area contributed by atoms with Gasteiger partial charge in [-0.25, -0.2) is 4.98 Å². The summed E-state index contributed by atoms with van der Waals surface area (Å²) in [6.45, 7) is 9.87. The van der Waals surface area contributed by atoms with E-state index in [2.05, 4.69) is 58.5 Å². The summed E-state index contributed by atoms with van der Waals surface area (Å²) in [6, 6.07) is 9.12. The van der Waals surface area contributed by atoms with Crippen LogP contribution in [0.25, 0.3) is 10.9 Å². The molecular formula is C24H35N5S. The van der Waals surface area contributed by atoms with Crippen molar-refractivity contribution in [1.82, 2.24) is 15.2 Å². The number of nitrogens with one attached hydrogen (secondary N) is 2. The minimum Gasteiger partial charge on any atom is -0.360 e. The van der Waals surface area contributed by atoms with Gasteiger partial charge < -0.3 is 20.4 Å². The van der Waals surface area contributed by atoms with Crippen molar-refractivity contribution in [3.05, 3.63) is 29.8 Å². The van der Waals surface area contributed by atoms with Gasteiger partial charge in [-0.3, -0.25) is 0 Å². The van der Waals surface area contributed by atoms with E-state index in [4.69, 9.17) is 17.2 Å².